The first kappa shape index (κ1) is 14.5. The summed E-state index contributed by atoms with van der Waals surface area (Å²) in [7, 11) is 0. The van der Waals surface area contributed by atoms with E-state index in [0.29, 0.717) is 16.8 Å². The molecule has 0 spiro atoms. The van der Waals surface area contributed by atoms with E-state index < -0.39 is 0 Å². The Labute approximate surface area is 126 Å². The fourth-order valence-corrected chi connectivity index (χ4v) is 2.05. The quantitative estimate of drug-likeness (QED) is 0.856. The predicted octanol–water partition coefficient (Wildman–Crippen LogP) is 4.21. The standard InChI is InChI=1S/C16H14BrNO2/c1-10-8-13(6-7-15(10)17)16(20)18-14-5-3-4-12(9-14)11(2)19/h3-9H,1-2H3,(H,18,20). The maximum absolute atomic E-state index is 12.1. The fourth-order valence-electron chi connectivity index (χ4n) is 1.81. The molecule has 20 heavy (non-hydrogen) atoms. The number of aryl methyl sites for hydroxylation is 1. The van der Waals surface area contributed by atoms with E-state index in [1.807, 2.05) is 19.1 Å². The minimum Gasteiger partial charge on any atom is -0.322 e. The Kier molecular flexibility index (Phi) is 4.35. The Morgan fingerprint density at radius 3 is 2.45 bits per heavy atom. The van der Waals surface area contributed by atoms with Crippen LogP contribution in [-0.2, 0) is 0 Å². The number of hydrogen-bond acceptors (Lipinski definition) is 2. The number of ketones is 1. The van der Waals surface area contributed by atoms with Gasteiger partial charge in [-0.15, -0.1) is 0 Å². The molecule has 0 bridgehead atoms. The maximum Gasteiger partial charge on any atom is 0.255 e. The molecule has 0 aliphatic rings. The van der Waals surface area contributed by atoms with E-state index in [-0.39, 0.29) is 11.7 Å². The Morgan fingerprint density at radius 1 is 1.05 bits per heavy atom. The molecule has 0 saturated carbocycles. The lowest BCUT2D eigenvalue weighted by atomic mass is 10.1. The van der Waals surface area contributed by atoms with Gasteiger partial charge in [-0.1, -0.05) is 28.1 Å². The summed E-state index contributed by atoms with van der Waals surface area (Å²) < 4.78 is 0.965. The van der Waals surface area contributed by atoms with Crippen LogP contribution in [0.5, 0.6) is 0 Å². The van der Waals surface area contributed by atoms with Gasteiger partial charge in [0.15, 0.2) is 5.78 Å². The molecule has 0 aromatic heterocycles. The van der Waals surface area contributed by atoms with E-state index in [0.717, 1.165) is 10.0 Å². The molecule has 4 heteroatoms. The number of nitrogens with one attached hydrogen (secondary N) is 1. The van der Waals surface area contributed by atoms with Crippen molar-refractivity contribution in [2.45, 2.75) is 13.8 Å². The highest BCUT2D eigenvalue weighted by atomic mass is 79.9. The molecule has 0 aliphatic carbocycles. The summed E-state index contributed by atoms with van der Waals surface area (Å²) in [6.45, 7) is 3.43. The van der Waals surface area contributed by atoms with Crippen LogP contribution >= 0.6 is 15.9 Å². The smallest absolute Gasteiger partial charge is 0.255 e. The molecule has 1 N–H and O–H groups in total. The molecular formula is C16H14BrNO2. The van der Waals surface area contributed by atoms with E-state index >= 15 is 0 Å². The highest BCUT2D eigenvalue weighted by molar-refractivity contribution is 9.10. The molecular weight excluding hydrogens is 318 g/mol. The van der Waals surface area contributed by atoms with Crippen LogP contribution < -0.4 is 5.32 Å². The van der Waals surface area contributed by atoms with E-state index in [4.69, 9.17) is 0 Å². The van der Waals surface area contributed by atoms with Gasteiger partial charge in [0, 0.05) is 21.3 Å². The van der Waals surface area contributed by atoms with Crippen molar-refractivity contribution in [3.05, 3.63) is 63.6 Å². The molecule has 2 aromatic carbocycles. The first-order chi connectivity index (χ1) is 9.47. The van der Waals surface area contributed by atoms with Gasteiger partial charge in [0.2, 0.25) is 0 Å². The zero-order chi connectivity index (χ0) is 14.7. The summed E-state index contributed by atoms with van der Waals surface area (Å²) in [5.74, 6) is -0.220. The number of hydrogen-bond donors (Lipinski definition) is 1. The van der Waals surface area contributed by atoms with Gasteiger partial charge >= 0.3 is 0 Å². The van der Waals surface area contributed by atoms with Crippen LogP contribution in [0.4, 0.5) is 5.69 Å². The van der Waals surface area contributed by atoms with Crippen molar-refractivity contribution in [1.82, 2.24) is 0 Å². The molecule has 0 heterocycles. The summed E-state index contributed by atoms with van der Waals surface area (Å²) in [6, 6.07) is 12.3. The highest BCUT2D eigenvalue weighted by Gasteiger charge is 2.08. The second kappa shape index (κ2) is 6.01. The second-order valence-corrected chi connectivity index (χ2v) is 5.41. The van der Waals surface area contributed by atoms with Crippen LogP contribution in [0.2, 0.25) is 0 Å². The third-order valence-electron chi connectivity index (χ3n) is 2.95. The van der Waals surface area contributed by atoms with Crippen molar-refractivity contribution in [1.29, 1.82) is 0 Å². The van der Waals surface area contributed by atoms with Gasteiger partial charge in [0.05, 0.1) is 0 Å². The van der Waals surface area contributed by atoms with Gasteiger partial charge in [0.1, 0.15) is 0 Å². The molecule has 3 nitrogen and oxygen atoms in total. The summed E-state index contributed by atoms with van der Waals surface area (Å²) in [6.07, 6.45) is 0. The van der Waals surface area contributed by atoms with Crippen molar-refractivity contribution in [2.24, 2.45) is 0 Å². The predicted molar refractivity (Wildman–Crippen MR) is 83.3 cm³/mol. The first-order valence-electron chi connectivity index (χ1n) is 6.16. The Bertz CT molecular complexity index is 680. The molecule has 0 aliphatic heterocycles. The third kappa shape index (κ3) is 3.33. The highest BCUT2D eigenvalue weighted by Crippen LogP contribution is 2.18. The van der Waals surface area contributed by atoms with Gasteiger partial charge in [-0.2, -0.15) is 0 Å². The van der Waals surface area contributed by atoms with Crippen molar-refractivity contribution in [2.75, 3.05) is 5.32 Å². The second-order valence-electron chi connectivity index (χ2n) is 4.56. The fraction of sp³-hybridized carbons (Fsp3) is 0.125. The average Bonchev–Trinajstić information content (AvgIpc) is 2.42. The van der Waals surface area contributed by atoms with Crippen LogP contribution in [0, 0.1) is 6.92 Å². The largest absolute Gasteiger partial charge is 0.322 e. The van der Waals surface area contributed by atoms with E-state index in [1.165, 1.54) is 6.92 Å². The topological polar surface area (TPSA) is 46.2 Å². The van der Waals surface area contributed by atoms with Crippen molar-refractivity contribution in [3.63, 3.8) is 0 Å². The lowest BCUT2D eigenvalue weighted by molar-refractivity contribution is 0.101. The zero-order valence-corrected chi connectivity index (χ0v) is 12.8. The van der Waals surface area contributed by atoms with Gasteiger partial charge < -0.3 is 5.32 Å². The van der Waals surface area contributed by atoms with E-state index in [1.54, 1.807) is 30.3 Å². The summed E-state index contributed by atoms with van der Waals surface area (Å²) in [4.78, 5) is 23.5. The van der Waals surface area contributed by atoms with Crippen molar-refractivity contribution in [3.8, 4) is 0 Å². The minimum atomic E-state index is -0.193. The molecule has 2 aromatic rings. The molecule has 0 radical (unpaired) electrons. The van der Waals surface area contributed by atoms with Gasteiger partial charge in [-0.3, -0.25) is 9.59 Å². The Hall–Kier alpha value is -1.94. The number of carbonyl (C=O) groups is 2. The molecule has 0 unspecified atom stereocenters. The zero-order valence-electron chi connectivity index (χ0n) is 11.2. The first-order valence-corrected chi connectivity index (χ1v) is 6.95. The van der Waals surface area contributed by atoms with Gasteiger partial charge in [-0.25, -0.2) is 0 Å². The number of Topliss-reactive ketones (excluding diaryl/α,β-unsaturated/α-hetero) is 1. The maximum atomic E-state index is 12.1. The summed E-state index contributed by atoms with van der Waals surface area (Å²) >= 11 is 3.40. The molecule has 0 saturated heterocycles. The number of benzene rings is 2. The number of carbonyl (C=O) groups excluding carboxylic acids is 2. The molecule has 1 amide bonds. The van der Waals surface area contributed by atoms with Gasteiger partial charge in [-0.05, 0) is 49.7 Å². The van der Waals surface area contributed by atoms with Crippen LogP contribution in [0.25, 0.3) is 0 Å². The molecule has 102 valence electrons. The van der Waals surface area contributed by atoms with Crippen molar-refractivity contribution < 1.29 is 9.59 Å². The molecule has 0 atom stereocenters. The molecule has 0 fully saturated rings. The SMILES string of the molecule is CC(=O)c1cccc(NC(=O)c2ccc(Br)c(C)c2)c1. The third-order valence-corrected chi connectivity index (χ3v) is 3.84. The van der Waals surface area contributed by atoms with Gasteiger partial charge in [0.25, 0.3) is 5.91 Å². The van der Waals surface area contributed by atoms with Crippen molar-refractivity contribution >= 4 is 33.3 Å². The Morgan fingerprint density at radius 2 is 1.80 bits per heavy atom. The minimum absolute atomic E-state index is 0.0272. The summed E-state index contributed by atoms with van der Waals surface area (Å²) in [5, 5.41) is 2.79. The number of amides is 1. The summed E-state index contributed by atoms with van der Waals surface area (Å²) in [5.41, 5.74) is 2.77. The van der Waals surface area contributed by atoms with Crippen LogP contribution in [0.1, 0.15) is 33.2 Å². The van der Waals surface area contributed by atoms with E-state index in [9.17, 15) is 9.59 Å². The number of anilines is 1. The Balaban J connectivity index is 2.21. The number of halogens is 1. The normalized spacial score (nSPS) is 10.2. The monoisotopic (exact) mass is 331 g/mol. The van der Waals surface area contributed by atoms with Crippen LogP contribution in [-0.4, -0.2) is 11.7 Å². The molecule has 2 rings (SSSR count). The average molecular weight is 332 g/mol. The lowest BCUT2D eigenvalue weighted by Gasteiger charge is -2.07. The van der Waals surface area contributed by atoms with E-state index in [2.05, 4.69) is 21.2 Å². The van der Waals surface area contributed by atoms with Crippen LogP contribution in [0.15, 0.2) is 46.9 Å². The number of rotatable bonds is 3. The lowest BCUT2D eigenvalue weighted by Crippen LogP contribution is -2.12. The van der Waals surface area contributed by atoms with Crippen LogP contribution in [0.3, 0.4) is 0 Å².